The van der Waals surface area contributed by atoms with E-state index in [9.17, 15) is 12.8 Å². The van der Waals surface area contributed by atoms with Crippen molar-refractivity contribution in [3.05, 3.63) is 88.7 Å². The summed E-state index contributed by atoms with van der Waals surface area (Å²) in [6.07, 6.45) is 1.38. The maximum atomic E-state index is 13.8. The molecule has 3 rings (SSSR count). The summed E-state index contributed by atoms with van der Waals surface area (Å²) >= 11 is 0. The Labute approximate surface area is 187 Å². The second-order valence-corrected chi connectivity index (χ2v) is 8.78. The molecule has 0 spiro atoms. The molecule has 32 heavy (non-hydrogen) atoms. The fraction of sp³-hybridized carbons (Fsp3) is 0.208. The minimum absolute atomic E-state index is 0.0515. The van der Waals surface area contributed by atoms with E-state index in [1.165, 1.54) is 18.3 Å². The Morgan fingerprint density at radius 3 is 2.47 bits per heavy atom. The number of hydrogen-bond donors (Lipinski definition) is 1. The van der Waals surface area contributed by atoms with Crippen molar-refractivity contribution >= 4 is 16.2 Å². The molecular formula is C24H25FN2O4S. The molecule has 0 fully saturated rings. The second-order valence-electron chi connectivity index (χ2n) is 7.12. The number of hydrogen-bond acceptors (Lipinski definition) is 5. The molecule has 0 heterocycles. The standard InChI is InChI=1S/C24H25FN2O4S/c1-4-30-24-14-19(10-12-23(24)31-16-20-7-5-6-8-22(20)25)15-26-27-32(28,29)21-11-9-17(2)18(3)13-21/h5-15,27H,4,16H2,1-3H3/b26-15+. The van der Waals surface area contributed by atoms with Gasteiger partial charge in [-0.3, -0.25) is 0 Å². The molecule has 3 aromatic carbocycles. The molecule has 0 unspecified atom stereocenters. The van der Waals surface area contributed by atoms with Crippen LogP contribution in [0.4, 0.5) is 4.39 Å². The van der Waals surface area contributed by atoms with E-state index in [0.29, 0.717) is 29.2 Å². The molecule has 0 radical (unpaired) electrons. The minimum Gasteiger partial charge on any atom is -0.490 e. The van der Waals surface area contributed by atoms with Crippen LogP contribution in [-0.4, -0.2) is 21.2 Å². The average Bonchev–Trinajstić information content (AvgIpc) is 2.76. The SMILES string of the molecule is CCOc1cc(/C=N/NS(=O)(=O)c2ccc(C)c(C)c2)ccc1OCc1ccccc1F. The highest BCUT2D eigenvalue weighted by molar-refractivity contribution is 7.89. The van der Waals surface area contributed by atoms with E-state index in [1.54, 1.807) is 48.5 Å². The van der Waals surface area contributed by atoms with Crippen molar-refractivity contribution in [2.75, 3.05) is 6.61 Å². The van der Waals surface area contributed by atoms with E-state index in [2.05, 4.69) is 9.93 Å². The van der Waals surface area contributed by atoms with Crippen LogP contribution in [0.5, 0.6) is 11.5 Å². The number of nitrogens with zero attached hydrogens (tertiary/aromatic N) is 1. The molecule has 0 aliphatic heterocycles. The van der Waals surface area contributed by atoms with Gasteiger partial charge in [-0.2, -0.15) is 13.5 Å². The number of aryl methyl sites for hydroxylation is 2. The van der Waals surface area contributed by atoms with Gasteiger partial charge in [-0.05, 0) is 73.9 Å². The molecule has 0 aliphatic rings. The lowest BCUT2D eigenvalue weighted by Crippen LogP contribution is -2.18. The Hall–Kier alpha value is -3.39. The summed E-state index contributed by atoms with van der Waals surface area (Å²) in [4.78, 5) is 2.36. The van der Waals surface area contributed by atoms with Crippen LogP contribution in [0.25, 0.3) is 0 Å². The molecule has 0 bridgehead atoms. The fourth-order valence-electron chi connectivity index (χ4n) is 2.87. The van der Waals surface area contributed by atoms with Gasteiger partial charge in [0, 0.05) is 5.56 Å². The first kappa shape index (κ1) is 23.3. The van der Waals surface area contributed by atoms with Crippen molar-refractivity contribution in [2.24, 2.45) is 5.10 Å². The molecule has 0 amide bonds. The lowest BCUT2D eigenvalue weighted by atomic mass is 10.1. The van der Waals surface area contributed by atoms with Crippen molar-refractivity contribution < 1.29 is 22.3 Å². The Bertz CT molecular complexity index is 1230. The van der Waals surface area contributed by atoms with Crippen molar-refractivity contribution in [1.29, 1.82) is 0 Å². The van der Waals surface area contributed by atoms with Gasteiger partial charge in [-0.25, -0.2) is 9.22 Å². The molecule has 0 saturated heterocycles. The third-order valence-electron chi connectivity index (χ3n) is 4.78. The van der Waals surface area contributed by atoms with E-state index in [-0.39, 0.29) is 17.3 Å². The summed E-state index contributed by atoms with van der Waals surface area (Å²) in [7, 11) is -3.78. The summed E-state index contributed by atoms with van der Waals surface area (Å²) in [6, 6.07) is 16.3. The molecule has 6 nitrogen and oxygen atoms in total. The van der Waals surface area contributed by atoms with E-state index in [4.69, 9.17) is 9.47 Å². The third-order valence-corrected chi connectivity index (χ3v) is 6.00. The highest BCUT2D eigenvalue weighted by Crippen LogP contribution is 2.29. The molecule has 168 valence electrons. The van der Waals surface area contributed by atoms with Gasteiger partial charge in [0.2, 0.25) is 0 Å². The number of halogens is 1. The molecule has 3 aromatic rings. The zero-order chi connectivity index (χ0) is 23.1. The maximum absolute atomic E-state index is 13.8. The largest absolute Gasteiger partial charge is 0.490 e. The second kappa shape index (κ2) is 10.3. The number of sulfonamides is 1. The quantitative estimate of drug-likeness (QED) is 0.373. The molecule has 1 N–H and O–H groups in total. The number of hydrazone groups is 1. The van der Waals surface area contributed by atoms with Crippen molar-refractivity contribution in [3.8, 4) is 11.5 Å². The summed E-state index contributed by atoms with van der Waals surface area (Å²) in [5.41, 5.74) is 2.92. The van der Waals surface area contributed by atoms with Crippen LogP contribution in [0, 0.1) is 19.7 Å². The monoisotopic (exact) mass is 456 g/mol. The molecule has 0 aromatic heterocycles. The molecular weight excluding hydrogens is 431 g/mol. The highest BCUT2D eigenvalue weighted by atomic mass is 32.2. The Balaban J connectivity index is 1.72. The van der Waals surface area contributed by atoms with Gasteiger partial charge in [-0.1, -0.05) is 24.3 Å². The Morgan fingerprint density at radius 1 is 0.969 bits per heavy atom. The van der Waals surface area contributed by atoms with Crippen LogP contribution < -0.4 is 14.3 Å². The molecule has 0 aliphatic carbocycles. The third kappa shape index (κ3) is 5.85. The van der Waals surface area contributed by atoms with Gasteiger partial charge < -0.3 is 9.47 Å². The normalized spacial score (nSPS) is 11.5. The van der Waals surface area contributed by atoms with Gasteiger partial charge in [0.05, 0.1) is 17.7 Å². The van der Waals surface area contributed by atoms with Gasteiger partial charge in [0.25, 0.3) is 10.0 Å². The zero-order valence-corrected chi connectivity index (χ0v) is 18.9. The number of rotatable bonds is 9. The van der Waals surface area contributed by atoms with Gasteiger partial charge >= 0.3 is 0 Å². The predicted octanol–water partition coefficient (Wildman–Crippen LogP) is 4.73. The first-order chi connectivity index (χ1) is 15.3. The summed E-state index contributed by atoms with van der Waals surface area (Å²) < 4.78 is 50.1. The molecule has 0 atom stereocenters. The zero-order valence-electron chi connectivity index (χ0n) is 18.1. The smallest absolute Gasteiger partial charge is 0.276 e. The van der Waals surface area contributed by atoms with Crippen LogP contribution in [-0.2, 0) is 16.6 Å². The summed E-state index contributed by atoms with van der Waals surface area (Å²) in [5, 5.41) is 3.87. The first-order valence-electron chi connectivity index (χ1n) is 10.1. The van der Waals surface area contributed by atoms with Gasteiger partial charge in [-0.15, -0.1) is 0 Å². The molecule has 8 heteroatoms. The van der Waals surface area contributed by atoms with Gasteiger partial charge in [0.1, 0.15) is 12.4 Å². The summed E-state index contributed by atoms with van der Waals surface area (Å²) in [6.45, 7) is 6.05. The van der Waals surface area contributed by atoms with Crippen LogP contribution >= 0.6 is 0 Å². The Kier molecular flexibility index (Phi) is 7.48. The average molecular weight is 457 g/mol. The van der Waals surface area contributed by atoms with E-state index < -0.39 is 10.0 Å². The lowest BCUT2D eigenvalue weighted by molar-refractivity contribution is 0.266. The van der Waals surface area contributed by atoms with Crippen molar-refractivity contribution in [1.82, 2.24) is 4.83 Å². The number of ether oxygens (including phenoxy) is 2. The van der Waals surface area contributed by atoms with E-state index in [1.807, 2.05) is 20.8 Å². The minimum atomic E-state index is -3.78. The first-order valence-corrected chi connectivity index (χ1v) is 11.5. The highest BCUT2D eigenvalue weighted by Gasteiger charge is 2.13. The number of benzene rings is 3. The Morgan fingerprint density at radius 2 is 1.75 bits per heavy atom. The fourth-order valence-corrected chi connectivity index (χ4v) is 3.74. The van der Waals surface area contributed by atoms with Gasteiger partial charge in [0.15, 0.2) is 11.5 Å². The topological polar surface area (TPSA) is 77.0 Å². The summed E-state index contributed by atoms with van der Waals surface area (Å²) in [5.74, 6) is 0.554. The van der Waals surface area contributed by atoms with E-state index >= 15 is 0 Å². The van der Waals surface area contributed by atoms with Crippen LogP contribution in [0.3, 0.4) is 0 Å². The molecule has 0 saturated carbocycles. The predicted molar refractivity (Wildman–Crippen MR) is 122 cm³/mol. The number of nitrogens with one attached hydrogen (secondary N) is 1. The van der Waals surface area contributed by atoms with Crippen molar-refractivity contribution in [2.45, 2.75) is 32.3 Å². The lowest BCUT2D eigenvalue weighted by Gasteiger charge is -2.13. The van der Waals surface area contributed by atoms with Crippen LogP contribution in [0.2, 0.25) is 0 Å². The van der Waals surface area contributed by atoms with Crippen LogP contribution in [0.15, 0.2) is 70.7 Å². The van der Waals surface area contributed by atoms with E-state index in [0.717, 1.165) is 11.1 Å². The maximum Gasteiger partial charge on any atom is 0.276 e. The van der Waals surface area contributed by atoms with Crippen LogP contribution in [0.1, 0.15) is 29.2 Å². The van der Waals surface area contributed by atoms with Crippen molar-refractivity contribution in [3.63, 3.8) is 0 Å².